The summed E-state index contributed by atoms with van der Waals surface area (Å²) in [6.45, 7) is 5.07. The number of hydrogen-bond acceptors (Lipinski definition) is 4. The molecule has 6 nitrogen and oxygen atoms in total. The van der Waals surface area contributed by atoms with Crippen LogP contribution >= 0.6 is 0 Å². The van der Waals surface area contributed by atoms with Crippen LogP contribution in [0.3, 0.4) is 0 Å². The average Bonchev–Trinajstić information content (AvgIpc) is 2.84. The zero-order chi connectivity index (χ0) is 14.3. The van der Waals surface area contributed by atoms with Gasteiger partial charge in [0, 0.05) is 32.9 Å². The van der Waals surface area contributed by atoms with Crippen LogP contribution < -0.4 is 0 Å². The maximum Gasteiger partial charge on any atom is 0.224 e. The van der Waals surface area contributed by atoms with E-state index in [0.29, 0.717) is 25.9 Å². The fourth-order valence-electron chi connectivity index (χ4n) is 1.75. The SMILES string of the molecule is CCc1nc(CC)n(CCC(=O)N(C)CCC#N)n1. The third-order valence-corrected chi connectivity index (χ3v) is 2.95. The molecule has 1 rings (SSSR count). The van der Waals surface area contributed by atoms with E-state index in [9.17, 15) is 4.79 Å². The predicted octanol–water partition coefficient (Wildman–Crippen LogP) is 1.17. The van der Waals surface area contributed by atoms with Crippen LogP contribution in [0.4, 0.5) is 0 Å². The van der Waals surface area contributed by atoms with Crippen LogP contribution in [0.25, 0.3) is 0 Å². The Morgan fingerprint density at radius 1 is 1.42 bits per heavy atom. The van der Waals surface area contributed by atoms with Crippen molar-refractivity contribution < 1.29 is 4.79 Å². The lowest BCUT2D eigenvalue weighted by molar-refractivity contribution is -0.130. The van der Waals surface area contributed by atoms with Crippen molar-refractivity contribution in [3.05, 3.63) is 11.6 Å². The van der Waals surface area contributed by atoms with Crippen LogP contribution in [-0.2, 0) is 24.2 Å². The Balaban J connectivity index is 2.54. The fraction of sp³-hybridized carbons (Fsp3) is 0.692. The Bertz CT molecular complexity index is 460. The van der Waals surface area contributed by atoms with E-state index in [1.807, 2.05) is 24.6 Å². The van der Waals surface area contributed by atoms with E-state index >= 15 is 0 Å². The van der Waals surface area contributed by atoms with Gasteiger partial charge in [0.05, 0.1) is 19.0 Å². The van der Waals surface area contributed by atoms with Gasteiger partial charge in [0.15, 0.2) is 5.82 Å². The number of amides is 1. The highest BCUT2D eigenvalue weighted by Crippen LogP contribution is 2.03. The van der Waals surface area contributed by atoms with E-state index in [-0.39, 0.29) is 5.91 Å². The first kappa shape index (κ1) is 15.2. The highest BCUT2D eigenvalue weighted by Gasteiger charge is 2.11. The van der Waals surface area contributed by atoms with Crippen molar-refractivity contribution in [2.45, 2.75) is 46.1 Å². The number of rotatable bonds is 7. The van der Waals surface area contributed by atoms with Crippen LogP contribution in [0.2, 0.25) is 0 Å². The number of aryl methyl sites for hydroxylation is 3. The van der Waals surface area contributed by atoms with Gasteiger partial charge in [-0.05, 0) is 0 Å². The Morgan fingerprint density at radius 2 is 2.16 bits per heavy atom. The van der Waals surface area contributed by atoms with E-state index < -0.39 is 0 Å². The lowest BCUT2D eigenvalue weighted by Crippen LogP contribution is -2.28. The molecule has 0 spiro atoms. The molecule has 104 valence electrons. The molecular formula is C13H21N5O. The molecule has 1 aromatic heterocycles. The number of nitriles is 1. The summed E-state index contributed by atoms with van der Waals surface area (Å²) in [6.07, 6.45) is 2.37. The van der Waals surface area contributed by atoms with E-state index in [1.54, 1.807) is 11.9 Å². The first-order chi connectivity index (χ1) is 9.12. The minimum atomic E-state index is 0.0332. The largest absolute Gasteiger partial charge is 0.345 e. The van der Waals surface area contributed by atoms with Crippen LogP contribution in [0.5, 0.6) is 0 Å². The summed E-state index contributed by atoms with van der Waals surface area (Å²) in [6, 6.07) is 2.04. The summed E-state index contributed by atoms with van der Waals surface area (Å²) in [5.41, 5.74) is 0. The van der Waals surface area contributed by atoms with Gasteiger partial charge in [-0.2, -0.15) is 10.4 Å². The quantitative estimate of drug-likeness (QED) is 0.740. The third-order valence-electron chi connectivity index (χ3n) is 2.95. The summed E-state index contributed by atoms with van der Waals surface area (Å²) in [5, 5.41) is 12.9. The van der Waals surface area contributed by atoms with Gasteiger partial charge in [-0.25, -0.2) is 9.67 Å². The lowest BCUT2D eigenvalue weighted by atomic mass is 10.3. The van der Waals surface area contributed by atoms with Gasteiger partial charge < -0.3 is 4.90 Å². The highest BCUT2D eigenvalue weighted by molar-refractivity contribution is 5.75. The van der Waals surface area contributed by atoms with Gasteiger partial charge in [0.2, 0.25) is 5.91 Å². The van der Waals surface area contributed by atoms with Crippen LogP contribution in [0.15, 0.2) is 0 Å². The first-order valence-electron chi connectivity index (χ1n) is 6.65. The van der Waals surface area contributed by atoms with Gasteiger partial charge in [-0.15, -0.1) is 0 Å². The number of carbonyl (C=O) groups is 1. The van der Waals surface area contributed by atoms with Crippen LogP contribution in [0.1, 0.15) is 38.3 Å². The zero-order valence-corrected chi connectivity index (χ0v) is 11.9. The molecule has 0 aliphatic rings. The molecule has 1 heterocycles. The molecule has 1 aromatic rings. The summed E-state index contributed by atoms with van der Waals surface area (Å²) >= 11 is 0. The topological polar surface area (TPSA) is 74.8 Å². The van der Waals surface area contributed by atoms with Gasteiger partial charge in [0.25, 0.3) is 0 Å². The number of carbonyl (C=O) groups excluding carboxylic acids is 1. The predicted molar refractivity (Wildman–Crippen MR) is 71.3 cm³/mol. The lowest BCUT2D eigenvalue weighted by Gasteiger charge is -2.15. The third kappa shape index (κ3) is 4.36. The first-order valence-corrected chi connectivity index (χ1v) is 6.65. The summed E-state index contributed by atoms with van der Waals surface area (Å²) < 4.78 is 1.81. The second kappa shape index (κ2) is 7.52. The van der Waals surface area contributed by atoms with E-state index in [2.05, 4.69) is 10.1 Å². The Kier molecular flexibility index (Phi) is 6.00. The van der Waals surface area contributed by atoms with E-state index in [1.165, 1.54) is 0 Å². The molecule has 0 bridgehead atoms. The van der Waals surface area contributed by atoms with Gasteiger partial charge >= 0.3 is 0 Å². The molecule has 1 amide bonds. The van der Waals surface area contributed by atoms with Crippen molar-refractivity contribution in [1.82, 2.24) is 19.7 Å². The minimum Gasteiger partial charge on any atom is -0.345 e. The molecule has 0 saturated carbocycles. The Morgan fingerprint density at radius 3 is 2.74 bits per heavy atom. The summed E-state index contributed by atoms with van der Waals surface area (Å²) in [7, 11) is 1.72. The van der Waals surface area contributed by atoms with Crippen LogP contribution in [0, 0.1) is 11.3 Å². The molecule has 0 saturated heterocycles. The second-order valence-corrected chi connectivity index (χ2v) is 4.35. The van der Waals surface area contributed by atoms with Gasteiger partial charge in [0.1, 0.15) is 5.82 Å². The average molecular weight is 263 g/mol. The zero-order valence-electron chi connectivity index (χ0n) is 11.9. The highest BCUT2D eigenvalue weighted by atomic mass is 16.2. The molecule has 19 heavy (non-hydrogen) atoms. The van der Waals surface area contributed by atoms with Crippen molar-refractivity contribution in [3.63, 3.8) is 0 Å². The normalized spacial score (nSPS) is 10.2. The molecule has 0 aromatic carbocycles. The standard InChI is InChI=1S/C13H21N5O/c1-4-11-15-12(5-2)18(16-11)10-7-13(19)17(3)9-6-8-14/h4-7,9-10H2,1-3H3. The van der Waals surface area contributed by atoms with Crippen molar-refractivity contribution in [2.75, 3.05) is 13.6 Å². The smallest absolute Gasteiger partial charge is 0.224 e. The molecule has 0 N–H and O–H groups in total. The number of nitrogens with zero attached hydrogens (tertiary/aromatic N) is 5. The molecule has 0 radical (unpaired) electrons. The molecule has 0 aliphatic heterocycles. The van der Waals surface area contributed by atoms with Gasteiger partial charge in [-0.1, -0.05) is 13.8 Å². The molecule has 6 heteroatoms. The maximum absolute atomic E-state index is 11.9. The minimum absolute atomic E-state index is 0.0332. The number of aromatic nitrogens is 3. The van der Waals surface area contributed by atoms with Crippen molar-refractivity contribution in [3.8, 4) is 6.07 Å². The number of hydrogen-bond donors (Lipinski definition) is 0. The van der Waals surface area contributed by atoms with Crippen molar-refractivity contribution >= 4 is 5.91 Å². The fourth-order valence-corrected chi connectivity index (χ4v) is 1.75. The Labute approximate surface area is 114 Å². The van der Waals surface area contributed by atoms with E-state index in [4.69, 9.17) is 5.26 Å². The molecule has 0 fully saturated rings. The van der Waals surface area contributed by atoms with E-state index in [0.717, 1.165) is 24.5 Å². The summed E-state index contributed by atoms with van der Waals surface area (Å²) in [5.74, 6) is 1.78. The van der Waals surface area contributed by atoms with Crippen LogP contribution in [-0.4, -0.2) is 39.2 Å². The van der Waals surface area contributed by atoms with Gasteiger partial charge in [-0.3, -0.25) is 4.79 Å². The molecular weight excluding hydrogens is 242 g/mol. The van der Waals surface area contributed by atoms with Crippen molar-refractivity contribution in [2.24, 2.45) is 0 Å². The molecule has 0 unspecified atom stereocenters. The second-order valence-electron chi connectivity index (χ2n) is 4.35. The Hall–Kier alpha value is -1.90. The monoisotopic (exact) mass is 263 g/mol. The molecule has 0 aliphatic carbocycles. The van der Waals surface area contributed by atoms with Crippen molar-refractivity contribution in [1.29, 1.82) is 5.26 Å². The molecule has 0 atom stereocenters. The maximum atomic E-state index is 11.9. The summed E-state index contributed by atoms with van der Waals surface area (Å²) in [4.78, 5) is 17.8.